The zero-order chi connectivity index (χ0) is 11.1. The monoisotopic (exact) mass is 227 g/mol. The molecule has 94 valence electrons. The van der Waals surface area contributed by atoms with Gasteiger partial charge in [0.1, 0.15) is 0 Å². The van der Waals surface area contributed by atoms with Crippen LogP contribution in [-0.4, -0.2) is 39.0 Å². The summed E-state index contributed by atoms with van der Waals surface area (Å²) in [6.07, 6.45) is 7.56. The van der Waals surface area contributed by atoms with Crippen molar-refractivity contribution in [3.63, 3.8) is 0 Å². The third kappa shape index (κ3) is 5.28. The number of hydrogen-bond donors (Lipinski definition) is 1. The first-order valence-corrected chi connectivity index (χ1v) is 6.84. The molecular formula is C13H25NO2. The Balaban J connectivity index is 1.40. The predicted molar refractivity (Wildman–Crippen MR) is 64.6 cm³/mol. The first kappa shape index (κ1) is 12.3. The largest absolute Gasteiger partial charge is 0.381 e. The van der Waals surface area contributed by atoms with E-state index in [1.165, 1.54) is 32.1 Å². The lowest BCUT2D eigenvalue weighted by molar-refractivity contribution is 0.121. The highest BCUT2D eigenvalue weighted by atomic mass is 16.5. The van der Waals surface area contributed by atoms with Gasteiger partial charge >= 0.3 is 0 Å². The van der Waals surface area contributed by atoms with Crippen molar-refractivity contribution in [2.45, 2.75) is 44.6 Å². The maximum atomic E-state index is 5.61. The molecule has 1 atom stereocenters. The minimum atomic E-state index is 0.672. The molecular weight excluding hydrogens is 202 g/mol. The second kappa shape index (κ2) is 7.25. The van der Waals surface area contributed by atoms with Gasteiger partial charge in [0.2, 0.25) is 0 Å². The number of nitrogens with one attached hydrogen (secondary N) is 1. The van der Waals surface area contributed by atoms with Gasteiger partial charge in [0.05, 0.1) is 0 Å². The van der Waals surface area contributed by atoms with Crippen molar-refractivity contribution < 1.29 is 9.47 Å². The van der Waals surface area contributed by atoms with E-state index >= 15 is 0 Å². The predicted octanol–water partition coefficient (Wildman–Crippen LogP) is 1.96. The third-order valence-electron chi connectivity index (χ3n) is 3.40. The van der Waals surface area contributed by atoms with Gasteiger partial charge in [-0.2, -0.15) is 0 Å². The van der Waals surface area contributed by atoms with E-state index in [1.54, 1.807) is 0 Å². The van der Waals surface area contributed by atoms with Gasteiger partial charge in [-0.1, -0.05) is 0 Å². The summed E-state index contributed by atoms with van der Waals surface area (Å²) < 4.78 is 11.0. The summed E-state index contributed by atoms with van der Waals surface area (Å²) in [4.78, 5) is 0. The van der Waals surface area contributed by atoms with E-state index in [4.69, 9.17) is 9.47 Å². The van der Waals surface area contributed by atoms with Crippen molar-refractivity contribution in [2.75, 3.05) is 33.0 Å². The second-order valence-electron chi connectivity index (χ2n) is 5.07. The zero-order valence-electron chi connectivity index (χ0n) is 10.2. The highest BCUT2D eigenvalue weighted by molar-refractivity contribution is 4.72. The molecule has 0 amide bonds. The summed E-state index contributed by atoms with van der Waals surface area (Å²) in [5, 5.41) is 3.61. The molecule has 2 rings (SSSR count). The van der Waals surface area contributed by atoms with Gasteiger partial charge in [0.15, 0.2) is 0 Å². The van der Waals surface area contributed by atoms with E-state index < -0.39 is 0 Å². The maximum Gasteiger partial charge on any atom is 0.0494 e. The van der Waals surface area contributed by atoms with E-state index in [-0.39, 0.29) is 0 Å². The van der Waals surface area contributed by atoms with Crippen LogP contribution in [-0.2, 0) is 9.47 Å². The molecule has 3 nitrogen and oxygen atoms in total. The minimum Gasteiger partial charge on any atom is -0.381 e. The highest BCUT2D eigenvalue weighted by Crippen LogP contribution is 2.28. The van der Waals surface area contributed by atoms with Crippen LogP contribution in [0.4, 0.5) is 0 Å². The molecule has 0 bridgehead atoms. The summed E-state index contributed by atoms with van der Waals surface area (Å²) in [6, 6.07) is 0.672. The molecule has 2 fully saturated rings. The Hall–Kier alpha value is -0.120. The lowest BCUT2D eigenvalue weighted by Crippen LogP contribution is -2.30. The molecule has 1 heterocycles. The van der Waals surface area contributed by atoms with Gasteiger partial charge in [-0.05, 0) is 51.0 Å². The van der Waals surface area contributed by atoms with Gasteiger partial charge in [0.25, 0.3) is 0 Å². The summed E-state index contributed by atoms with van der Waals surface area (Å²) >= 11 is 0. The van der Waals surface area contributed by atoms with Crippen LogP contribution < -0.4 is 5.32 Å². The van der Waals surface area contributed by atoms with Gasteiger partial charge in [-0.15, -0.1) is 0 Å². The molecule has 16 heavy (non-hydrogen) atoms. The average molecular weight is 227 g/mol. The van der Waals surface area contributed by atoms with Crippen molar-refractivity contribution in [3.05, 3.63) is 0 Å². The molecule has 1 aliphatic carbocycles. The number of hydrogen-bond acceptors (Lipinski definition) is 3. The zero-order valence-corrected chi connectivity index (χ0v) is 10.2. The first-order valence-electron chi connectivity index (χ1n) is 6.84. The van der Waals surface area contributed by atoms with Crippen LogP contribution >= 0.6 is 0 Å². The van der Waals surface area contributed by atoms with Gasteiger partial charge in [-0.25, -0.2) is 0 Å². The van der Waals surface area contributed by atoms with Crippen molar-refractivity contribution >= 4 is 0 Å². The van der Waals surface area contributed by atoms with Crippen molar-refractivity contribution in [1.82, 2.24) is 5.32 Å². The summed E-state index contributed by atoms with van der Waals surface area (Å²) in [7, 11) is 0. The first-order chi connectivity index (χ1) is 7.95. The Kier molecular flexibility index (Phi) is 5.59. The molecule has 0 radical (unpaired) electrons. The Morgan fingerprint density at radius 2 is 2.06 bits per heavy atom. The molecule has 1 aliphatic heterocycles. The van der Waals surface area contributed by atoms with E-state index in [1.807, 2.05) is 0 Å². The molecule has 1 N–H and O–H groups in total. The van der Waals surface area contributed by atoms with E-state index in [2.05, 4.69) is 5.32 Å². The topological polar surface area (TPSA) is 30.5 Å². The Morgan fingerprint density at radius 3 is 2.94 bits per heavy atom. The standard InChI is InChI=1S/C13H25NO2/c1-3-13(6-10-15-8-1)14-7-2-9-16-11-12-4-5-12/h12-14H,1-11H2. The van der Waals surface area contributed by atoms with E-state index in [9.17, 15) is 0 Å². The van der Waals surface area contributed by atoms with Crippen LogP contribution in [0.5, 0.6) is 0 Å². The maximum absolute atomic E-state index is 5.61. The van der Waals surface area contributed by atoms with E-state index in [0.717, 1.165) is 45.3 Å². The Bertz CT molecular complexity index is 175. The molecule has 0 aromatic heterocycles. The van der Waals surface area contributed by atoms with Crippen LogP contribution in [0.2, 0.25) is 0 Å². The average Bonchev–Trinajstić information content (AvgIpc) is 3.10. The lowest BCUT2D eigenvalue weighted by atomic mass is 10.1. The summed E-state index contributed by atoms with van der Waals surface area (Å²) in [5.41, 5.74) is 0. The summed E-state index contributed by atoms with van der Waals surface area (Å²) in [6.45, 7) is 4.89. The second-order valence-corrected chi connectivity index (χ2v) is 5.07. The molecule has 3 heteroatoms. The van der Waals surface area contributed by atoms with Crippen molar-refractivity contribution in [2.24, 2.45) is 5.92 Å². The van der Waals surface area contributed by atoms with Crippen LogP contribution in [0.25, 0.3) is 0 Å². The highest BCUT2D eigenvalue weighted by Gasteiger charge is 2.20. The molecule has 1 saturated heterocycles. The number of ether oxygens (including phenoxy) is 2. The Morgan fingerprint density at radius 1 is 1.12 bits per heavy atom. The van der Waals surface area contributed by atoms with Gasteiger partial charge < -0.3 is 14.8 Å². The fourth-order valence-corrected chi connectivity index (χ4v) is 2.12. The number of rotatable bonds is 7. The molecule has 0 aromatic rings. The van der Waals surface area contributed by atoms with E-state index in [0.29, 0.717) is 6.04 Å². The van der Waals surface area contributed by atoms with Crippen LogP contribution in [0.1, 0.15) is 38.5 Å². The third-order valence-corrected chi connectivity index (χ3v) is 3.40. The lowest BCUT2D eigenvalue weighted by Gasteiger charge is -2.15. The van der Waals surface area contributed by atoms with Crippen LogP contribution in [0.15, 0.2) is 0 Å². The quantitative estimate of drug-likeness (QED) is 0.674. The molecule has 1 unspecified atom stereocenters. The minimum absolute atomic E-state index is 0.672. The smallest absolute Gasteiger partial charge is 0.0494 e. The van der Waals surface area contributed by atoms with Crippen molar-refractivity contribution in [1.29, 1.82) is 0 Å². The van der Waals surface area contributed by atoms with Gasteiger partial charge in [-0.3, -0.25) is 0 Å². The van der Waals surface area contributed by atoms with Gasteiger partial charge in [0, 0.05) is 32.5 Å². The Labute approximate surface area is 98.9 Å². The van der Waals surface area contributed by atoms with Crippen molar-refractivity contribution in [3.8, 4) is 0 Å². The SMILES string of the molecule is C(CNC1CCCOCC1)COCC1CC1. The normalized spacial score (nSPS) is 26.6. The van der Waals surface area contributed by atoms with Crippen LogP contribution in [0, 0.1) is 5.92 Å². The molecule has 0 aromatic carbocycles. The van der Waals surface area contributed by atoms with Crippen LogP contribution in [0.3, 0.4) is 0 Å². The molecule has 2 aliphatic rings. The fourth-order valence-electron chi connectivity index (χ4n) is 2.12. The summed E-state index contributed by atoms with van der Waals surface area (Å²) in [5.74, 6) is 0.895. The molecule has 1 saturated carbocycles. The molecule has 0 spiro atoms. The fraction of sp³-hybridized carbons (Fsp3) is 1.00.